The Morgan fingerprint density at radius 1 is 1.27 bits per heavy atom. The van der Waals surface area contributed by atoms with Crippen molar-refractivity contribution in [3.63, 3.8) is 0 Å². The molecule has 10 heteroatoms. The predicted molar refractivity (Wildman–Crippen MR) is 88.6 cm³/mol. The van der Waals surface area contributed by atoms with Gasteiger partial charge in [0.05, 0.1) is 11.5 Å². The second-order valence-corrected chi connectivity index (χ2v) is 5.23. The number of nitrogens with zero attached hydrogens (tertiary/aromatic N) is 4. The Morgan fingerprint density at radius 2 is 1.96 bits per heavy atom. The molecule has 0 fully saturated rings. The summed E-state index contributed by atoms with van der Waals surface area (Å²) >= 11 is 0. The molecule has 0 saturated heterocycles. The molecule has 7 nitrogen and oxygen atoms in total. The van der Waals surface area contributed by atoms with Crippen molar-refractivity contribution in [1.29, 1.82) is 0 Å². The first-order valence-corrected chi connectivity index (χ1v) is 7.87. The molecule has 0 radical (unpaired) electrons. The number of aromatic nitrogens is 2. The number of rotatable bonds is 7. The molecule has 0 bridgehead atoms. The van der Waals surface area contributed by atoms with Crippen molar-refractivity contribution < 1.29 is 22.8 Å². The van der Waals surface area contributed by atoms with Crippen LogP contribution in [-0.4, -0.2) is 28.0 Å². The highest BCUT2D eigenvalue weighted by Crippen LogP contribution is 2.37. The van der Waals surface area contributed by atoms with Crippen LogP contribution in [0.5, 0.6) is 5.88 Å². The quantitative estimate of drug-likeness (QED) is 0.532. The third-order valence-electron chi connectivity index (χ3n) is 3.42. The summed E-state index contributed by atoms with van der Waals surface area (Å²) < 4.78 is 44.5. The van der Waals surface area contributed by atoms with Gasteiger partial charge in [-0.2, -0.15) is 18.2 Å². The number of ether oxygens (including phenoxy) is 1. The number of hydrogen-bond acceptors (Lipinski definition) is 6. The normalized spacial score (nSPS) is 11.3. The van der Waals surface area contributed by atoms with Crippen LogP contribution < -0.4 is 9.64 Å². The molecule has 0 aliphatic heterocycles. The van der Waals surface area contributed by atoms with Gasteiger partial charge in [0.15, 0.2) is 0 Å². The molecule has 140 valence electrons. The highest BCUT2D eigenvalue weighted by atomic mass is 19.4. The van der Waals surface area contributed by atoms with Gasteiger partial charge < -0.3 is 9.64 Å². The number of halogens is 3. The predicted octanol–water partition coefficient (Wildman–Crippen LogP) is 4.35. The van der Waals surface area contributed by atoms with Crippen LogP contribution in [0.2, 0.25) is 0 Å². The van der Waals surface area contributed by atoms with Crippen LogP contribution in [0, 0.1) is 10.1 Å². The molecular formula is C16H17F3N4O3. The first-order valence-electron chi connectivity index (χ1n) is 7.87. The standard InChI is InChI=1S/C16H17F3N4O3/c1-3-9-26-14-11(16(17,18)19)10-20-15(21-14)22(4-2)12-7-5-6-8-13(12)23(24)25/h5-8,10H,3-4,9H2,1-2H3. The molecule has 0 aliphatic carbocycles. The van der Waals surface area contributed by atoms with E-state index in [-0.39, 0.29) is 30.5 Å². The minimum Gasteiger partial charge on any atom is -0.477 e. The van der Waals surface area contributed by atoms with Crippen LogP contribution in [-0.2, 0) is 6.18 Å². The average molecular weight is 370 g/mol. The van der Waals surface area contributed by atoms with Gasteiger partial charge in [-0.05, 0) is 19.4 Å². The molecule has 1 heterocycles. The minimum absolute atomic E-state index is 0.0527. The van der Waals surface area contributed by atoms with E-state index in [0.29, 0.717) is 12.6 Å². The average Bonchev–Trinajstić information content (AvgIpc) is 2.60. The molecule has 0 spiro atoms. The van der Waals surface area contributed by atoms with Gasteiger partial charge in [0.1, 0.15) is 11.3 Å². The summed E-state index contributed by atoms with van der Waals surface area (Å²) in [5.41, 5.74) is -1.11. The zero-order valence-electron chi connectivity index (χ0n) is 14.2. The smallest absolute Gasteiger partial charge is 0.423 e. The van der Waals surface area contributed by atoms with E-state index in [9.17, 15) is 23.3 Å². The van der Waals surface area contributed by atoms with Crippen molar-refractivity contribution >= 4 is 17.3 Å². The van der Waals surface area contributed by atoms with Crippen molar-refractivity contribution in [2.75, 3.05) is 18.1 Å². The fourth-order valence-electron chi connectivity index (χ4n) is 2.26. The summed E-state index contributed by atoms with van der Waals surface area (Å²) in [7, 11) is 0. The largest absolute Gasteiger partial charge is 0.477 e. The number of nitro groups is 1. The van der Waals surface area contributed by atoms with Crippen LogP contribution in [0.25, 0.3) is 0 Å². The summed E-state index contributed by atoms with van der Waals surface area (Å²) in [6.45, 7) is 3.70. The van der Waals surface area contributed by atoms with Crippen molar-refractivity contribution in [1.82, 2.24) is 9.97 Å². The van der Waals surface area contributed by atoms with Crippen LogP contribution >= 0.6 is 0 Å². The molecule has 1 aromatic heterocycles. The zero-order chi connectivity index (χ0) is 19.3. The second-order valence-electron chi connectivity index (χ2n) is 5.23. The number of benzene rings is 1. The molecule has 0 amide bonds. The highest BCUT2D eigenvalue weighted by molar-refractivity contribution is 5.69. The Kier molecular flexibility index (Phi) is 5.96. The maximum Gasteiger partial charge on any atom is 0.423 e. The summed E-state index contributed by atoms with van der Waals surface area (Å²) in [5.74, 6) is -0.706. The van der Waals surface area contributed by atoms with E-state index in [1.165, 1.54) is 23.1 Å². The Labute approximate surface area is 147 Å². The maximum atomic E-state index is 13.1. The molecule has 0 N–H and O–H groups in total. The lowest BCUT2D eigenvalue weighted by Gasteiger charge is -2.22. The third-order valence-corrected chi connectivity index (χ3v) is 3.42. The van der Waals surface area contributed by atoms with E-state index in [0.717, 1.165) is 0 Å². The summed E-state index contributed by atoms with van der Waals surface area (Å²) in [4.78, 5) is 19.6. The SMILES string of the molecule is CCCOc1nc(N(CC)c2ccccc2[N+](=O)[O-])ncc1C(F)(F)F. The number of anilines is 2. The third kappa shape index (κ3) is 4.19. The molecule has 0 saturated carbocycles. The van der Waals surface area contributed by atoms with Gasteiger partial charge in [-0.1, -0.05) is 19.1 Å². The number of para-hydroxylation sites is 2. The number of nitro benzene ring substituents is 1. The van der Waals surface area contributed by atoms with Gasteiger partial charge in [-0.15, -0.1) is 0 Å². The van der Waals surface area contributed by atoms with E-state index in [2.05, 4.69) is 9.97 Å². The second kappa shape index (κ2) is 7.98. The Bertz CT molecular complexity index is 784. The monoisotopic (exact) mass is 370 g/mol. The lowest BCUT2D eigenvalue weighted by Crippen LogP contribution is -2.21. The number of alkyl halides is 3. The fraction of sp³-hybridized carbons (Fsp3) is 0.375. The van der Waals surface area contributed by atoms with Gasteiger partial charge in [-0.25, -0.2) is 4.98 Å². The fourth-order valence-corrected chi connectivity index (χ4v) is 2.26. The van der Waals surface area contributed by atoms with Gasteiger partial charge in [0.25, 0.3) is 5.69 Å². The van der Waals surface area contributed by atoms with Crippen molar-refractivity contribution in [3.8, 4) is 5.88 Å². The van der Waals surface area contributed by atoms with Gasteiger partial charge in [0.2, 0.25) is 11.8 Å². The van der Waals surface area contributed by atoms with Crippen LogP contribution in [0.4, 0.5) is 30.5 Å². The zero-order valence-corrected chi connectivity index (χ0v) is 14.2. The Balaban J connectivity index is 2.53. The first-order chi connectivity index (χ1) is 12.3. The summed E-state index contributed by atoms with van der Waals surface area (Å²) in [6.07, 6.45) is -3.54. The van der Waals surface area contributed by atoms with E-state index in [1.54, 1.807) is 19.9 Å². The maximum absolute atomic E-state index is 13.1. The topological polar surface area (TPSA) is 81.4 Å². The number of hydrogen-bond donors (Lipinski definition) is 0. The van der Waals surface area contributed by atoms with Gasteiger partial charge >= 0.3 is 6.18 Å². The Morgan fingerprint density at radius 3 is 2.54 bits per heavy atom. The molecule has 0 atom stereocenters. The van der Waals surface area contributed by atoms with Crippen LogP contribution in [0.1, 0.15) is 25.8 Å². The molecule has 26 heavy (non-hydrogen) atoms. The van der Waals surface area contributed by atoms with Crippen LogP contribution in [0.3, 0.4) is 0 Å². The lowest BCUT2D eigenvalue weighted by molar-refractivity contribution is -0.384. The Hall–Kier alpha value is -2.91. The van der Waals surface area contributed by atoms with E-state index >= 15 is 0 Å². The van der Waals surface area contributed by atoms with E-state index in [4.69, 9.17) is 4.74 Å². The first kappa shape index (κ1) is 19.4. The molecule has 2 aromatic rings. The van der Waals surface area contributed by atoms with Crippen molar-refractivity contribution in [2.24, 2.45) is 0 Å². The van der Waals surface area contributed by atoms with Crippen LogP contribution in [0.15, 0.2) is 30.5 Å². The van der Waals surface area contributed by atoms with E-state index < -0.39 is 22.5 Å². The van der Waals surface area contributed by atoms with Crippen molar-refractivity contribution in [2.45, 2.75) is 26.4 Å². The lowest BCUT2D eigenvalue weighted by atomic mass is 10.2. The minimum atomic E-state index is -4.67. The molecule has 1 aromatic carbocycles. The van der Waals surface area contributed by atoms with Crippen molar-refractivity contribution in [3.05, 3.63) is 46.1 Å². The van der Waals surface area contributed by atoms with Gasteiger partial charge in [0, 0.05) is 18.8 Å². The van der Waals surface area contributed by atoms with E-state index in [1.807, 2.05) is 0 Å². The highest BCUT2D eigenvalue weighted by Gasteiger charge is 2.37. The molecule has 0 unspecified atom stereocenters. The van der Waals surface area contributed by atoms with Gasteiger partial charge in [-0.3, -0.25) is 10.1 Å². The molecule has 2 rings (SSSR count). The summed E-state index contributed by atoms with van der Waals surface area (Å²) in [6, 6.07) is 5.87. The molecular weight excluding hydrogens is 353 g/mol. The summed E-state index contributed by atoms with van der Waals surface area (Å²) in [5, 5.41) is 11.2. The molecule has 0 aliphatic rings.